The Morgan fingerprint density at radius 3 is 2.93 bits per heavy atom. The summed E-state index contributed by atoms with van der Waals surface area (Å²) in [6, 6.07) is 7.71. The van der Waals surface area contributed by atoms with Crippen molar-refractivity contribution in [2.24, 2.45) is 0 Å². The van der Waals surface area contributed by atoms with Gasteiger partial charge in [-0.2, -0.15) is 5.26 Å². The maximum absolute atomic E-state index is 8.90. The van der Waals surface area contributed by atoms with Crippen molar-refractivity contribution in [3.05, 3.63) is 40.4 Å². The molecule has 0 aliphatic heterocycles. The highest BCUT2D eigenvalue weighted by atomic mass is 79.9. The first-order valence-corrected chi connectivity index (χ1v) is 5.56. The number of rotatable bonds is 4. The van der Waals surface area contributed by atoms with E-state index < -0.39 is 0 Å². The average Bonchev–Trinajstić information content (AvgIpc) is 2.26. The summed E-state index contributed by atoms with van der Waals surface area (Å²) in [5.41, 5.74) is 2.63. The van der Waals surface area contributed by atoms with Crippen LogP contribution < -0.4 is 5.32 Å². The number of halogens is 1. The number of nitriles is 1. The smallest absolute Gasteiger partial charge is 0.101 e. The Bertz CT molecular complexity index is 405. The van der Waals surface area contributed by atoms with Gasteiger partial charge in [-0.1, -0.05) is 35.0 Å². The second-order valence-electron chi connectivity index (χ2n) is 3.26. The lowest BCUT2D eigenvalue weighted by Crippen LogP contribution is -2.04. The second kappa shape index (κ2) is 5.57. The molecule has 1 N–H and O–H groups in total. The largest absolute Gasteiger partial charge is 0.380 e. The van der Waals surface area contributed by atoms with Crippen molar-refractivity contribution in [2.45, 2.75) is 13.3 Å². The van der Waals surface area contributed by atoms with Crippen LogP contribution in [0.5, 0.6) is 0 Å². The molecular weight excluding hydrogens is 252 g/mol. The van der Waals surface area contributed by atoms with E-state index in [2.05, 4.69) is 40.8 Å². The Kier molecular flexibility index (Phi) is 4.38. The summed E-state index contributed by atoms with van der Waals surface area (Å²) in [4.78, 5) is 0. The van der Waals surface area contributed by atoms with Gasteiger partial charge in [0.05, 0.1) is 11.3 Å². The molecule has 0 bridgehead atoms. The van der Waals surface area contributed by atoms with E-state index in [4.69, 9.17) is 5.26 Å². The topological polar surface area (TPSA) is 35.8 Å². The van der Waals surface area contributed by atoms with Crippen LogP contribution in [-0.2, 0) is 0 Å². The monoisotopic (exact) mass is 264 g/mol. The summed E-state index contributed by atoms with van der Waals surface area (Å²) in [5.74, 6) is 0. The number of nitrogens with zero attached hydrogens (tertiary/aromatic N) is 1. The maximum atomic E-state index is 8.90. The predicted octanol–water partition coefficient (Wildman–Crippen LogP) is 3.70. The molecule has 1 rings (SSSR count). The fourth-order valence-corrected chi connectivity index (χ4v) is 1.47. The van der Waals surface area contributed by atoms with Crippen LogP contribution in [0.25, 0.3) is 0 Å². The van der Waals surface area contributed by atoms with Crippen LogP contribution in [0.4, 0.5) is 5.69 Å². The molecule has 0 aliphatic carbocycles. The summed E-state index contributed by atoms with van der Waals surface area (Å²) in [6.45, 7) is 6.68. The van der Waals surface area contributed by atoms with Gasteiger partial charge < -0.3 is 5.32 Å². The molecule has 0 radical (unpaired) electrons. The third kappa shape index (κ3) is 3.41. The molecule has 0 aromatic heterocycles. The van der Waals surface area contributed by atoms with Gasteiger partial charge in [0.15, 0.2) is 0 Å². The fraction of sp³-hybridized carbons (Fsp3) is 0.250. The Morgan fingerprint density at radius 2 is 2.33 bits per heavy atom. The van der Waals surface area contributed by atoms with E-state index in [1.165, 1.54) is 0 Å². The van der Waals surface area contributed by atoms with Crippen molar-refractivity contribution in [1.82, 2.24) is 0 Å². The van der Waals surface area contributed by atoms with Crippen LogP contribution in [0, 0.1) is 11.3 Å². The van der Waals surface area contributed by atoms with Crippen molar-refractivity contribution in [1.29, 1.82) is 5.26 Å². The molecule has 2 nitrogen and oxygen atoms in total. The summed E-state index contributed by atoms with van der Waals surface area (Å²) >= 11 is 3.38. The molecule has 0 amide bonds. The van der Waals surface area contributed by atoms with Gasteiger partial charge in [0.25, 0.3) is 0 Å². The lowest BCUT2D eigenvalue weighted by Gasteiger charge is -2.09. The van der Waals surface area contributed by atoms with Gasteiger partial charge in [-0.15, -0.1) is 0 Å². The molecule has 0 heterocycles. The van der Waals surface area contributed by atoms with Gasteiger partial charge >= 0.3 is 0 Å². The third-order valence-corrected chi connectivity index (χ3v) is 2.62. The van der Waals surface area contributed by atoms with Crippen molar-refractivity contribution >= 4 is 21.6 Å². The van der Waals surface area contributed by atoms with Crippen LogP contribution >= 0.6 is 15.9 Å². The zero-order chi connectivity index (χ0) is 11.3. The highest BCUT2D eigenvalue weighted by Gasteiger charge is 2.02. The molecule has 0 spiro atoms. The van der Waals surface area contributed by atoms with Crippen LogP contribution in [0.15, 0.2) is 34.8 Å². The number of benzene rings is 1. The zero-order valence-corrected chi connectivity index (χ0v) is 10.3. The quantitative estimate of drug-likeness (QED) is 0.842. The highest BCUT2D eigenvalue weighted by Crippen LogP contribution is 2.21. The minimum Gasteiger partial charge on any atom is -0.380 e. The first-order chi connectivity index (χ1) is 7.17. The Balaban J connectivity index is 2.80. The minimum atomic E-state index is 0.655. The zero-order valence-electron chi connectivity index (χ0n) is 8.68. The van der Waals surface area contributed by atoms with E-state index in [1.807, 2.05) is 12.1 Å². The van der Waals surface area contributed by atoms with Crippen LogP contribution in [0.3, 0.4) is 0 Å². The van der Waals surface area contributed by atoms with Crippen LogP contribution in [0.1, 0.15) is 18.9 Å². The number of anilines is 1. The molecule has 1 aromatic carbocycles. The average molecular weight is 265 g/mol. The molecule has 1 aromatic rings. The molecule has 0 unspecified atom stereocenters. The van der Waals surface area contributed by atoms with Gasteiger partial charge in [-0.05, 0) is 24.6 Å². The minimum absolute atomic E-state index is 0.655. The normalized spacial score (nSPS) is 9.40. The Morgan fingerprint density at radius 1 is 1.60 bits per heavy atom. The van der Waals surface area contributed by atoms with Gasteiger partial charge in [0, 0.05) is 11.0 Å². The van der Waals surface area contributed by atoms with E-state index in [0.717, 1.165) is 22.2 Å². The van der Waals surface area contributed by atoms with Gasteiger partial charge in [0.1, 0.15) is 6.07 Å². The standard InChI is InChI=1S/C12H13BrN2/c1-3-9(2)8-15-12-6-11(13)5-4-10(12)7-14/h4-6,15H,2-3,8H2,1H3. The third-order valence-electron chi connectivity index (χ3n) is 2.13. The van der Waals surface area contributed by atoms with E-state index in [1.54, 1.807) is 6.07 Å². The van der Waals surface area contributed by atoms with Crippen molar-refractivity contribution < 1.29 is 0 Å². The van der Waals surface area contributed by atoms with Crippen LogP contribution in [-0.4, -0.2) is 6.54 Å². The summed E-state index contributed by atoms with van der Waals surface area (Å²) in [7, 11) is 0. The first kappa shape index (κ1) is 11.8. The van der Waals surface area contributed by atoms with E-state index in [0.29, 0.717) is 12.1 Å². The van der Waals surface area contributed by atoms with E-state index >= 15 is 0 Å². The van der Waals surface area contributed by atoms with Crippen LogP contribution in [0.2, 0.25) is 0 Å². The fourth-order valence-electron chi connectivity index (χ4n) is 1.11. The Labute approximate surface area is 98.7 Å². The molecular formula is C12H13BrN2. The molecule has 15 heavy (non-hydrogen) atoms. The first-order valence-electron chi connectivity index (χ1n) is 4.77. The van der Waals surface area contributed by atoms with Crippen molar-refractivity contribution in [3.63, 3.8) is 0 Å². The molecule has 0 atom stereocenters. The van der Waals surface area contributed by atoms with E-state index in [9.17, 15) is 0 Å². The maximum Gasteiger partial charge on any atom is 0.101 e. The molecule has 78 valence electrons. The van der Waals surface area contributed by atoms with Crippen molar-refractivity contribution in [3.8, 4) is 6.07 Å². The SMILES string of the molecule is C=C(CC)CNc1cc(Br)ccc1C#N. The van der Waals surface area contributed by atoms with E-state index in [-0.39, 0.29) is 0 Å². The van der Waals surface area contributed by atoms with Gasteiger partial charge in [0.2, 0.25) is 0 Å². The molecule has 0 aliphatic rings. The molecule has 0 saturated carbocycles. The molecule has 0 fully saturated rings. The summed E-state index contributed by atoms with van der Waals surface area (Å²) in [6.07, 6.45) is 0.947. The van der Waals surface area contributed by atoms with Crippen molar-refractivity contribution in [2.75, 3.05) is 11.9 Å². The molecule has 3 heteroatoms. The lowest BCUT2D eigenvalue weighted by molar-refractivity contribution is 1.05. The lowest BCUT2D eigenvalue weighted by atomic mass is 10.2. The highest BCUT2D eigenvalue weighted by molar-refractivity contribution is 9.10. The molecule has 0 saturated heterocycles. The number of hydrogen-bond donors (Lipinski definition) is 1. The summed E-state index contributed by atoms with van der Waals surface area (Å²) in [5, 5.41) is 12.1. The second-order valence-corrected chi connectivity index (χ2v) is 4.17. The Hall–Kier alpha value is -1.27. The number of nitrogens with one attached hydrogen (secondary N) is 1. The number of hydrogen-bond acceptors (Lipinski definition) is 2. The van der Waals surface area contributed by atoms with Gasteiger partial charge in [-0.25, -0.2) is 0 Å². The predicted molar refractivity (Wildman–Crippen MR) is 66.8 cm³/mol. The van der Waals surface area contributed by atoms with Gasteiger partial charge in [-0.3, -0.25) is 0 Å². The summed E-state index contributed by atoms with van der Waals surface area (Å²) < 4.78 is 0.964.